The number of carbonyl (C=O) groups excluding carboxylic acids is 1. The lowest BCUT2D eigenvalue weighted by atomic mass is 10.0. The van der Waals surface area contributed by atoms with Gasteiger partial charge in [-0.25, -0.2) is 0 Å². The van der Waals surface area contributed by atoms with E-state index in [9.17, 15) is 4.79 Å². The van der Waals surface area contributed by atoms with Crippen LogP contribution in [0.25, 0.3) is 6.08 Å². The molecule has 1 heterocycles. The standard InChI is InChI=1S/C21H21NOS2/c1-15(2)18-10-8-17(9-11-18)14-19-20(23)22(21(24)25-19)13-12-16-6-4-3-5-7-16/h3-11,14-15H,12-13H2,1-2H3/b19-14-. The lowest BCUT2D eigenvalue weighted by Crippen LogP contribution is -2.30. The number of carbonyl (C=O) groups is 1. The third-order valence-electron chi connectivity index (χ3n) is 4.24. The van der Waals surface area contributed by atoms with Crippen molar-refractivity contribution in [1.82, 2.24) is 4.90 Å². The first-order valence-corrected chi connectivity index (χ1v) is 9.66. The van der Waals surface area contributed by atoms with Gasteiger partial charge in [0.25, 0.3) is 5.91 Å². The van der Waals surface area contributed by atoms with Crippen LogP contribution in [0.4, 0.5) is 0 Å². The molecule has 1 saturated heterocycles. The molecule has 3 rings (SSSR count). The van der Waals surface area contributed by atoms with Gasteiger partial charge in [0.05, 0.1) is 4.91 Å². The molecule has 128 valence electrons. The molecule has 2 aromatic carbocycles. The molecule has 0 spiro atoms. The maximum Gasteiger partial charge on any atom is 0.266 e. The Bertz CT molecular complexity index is 794. The molecule has 1 fully saturated rings. The highest BCUT2D eigenvalue weighted by molar-refractivity contribution is 8.26. The van der Waals surface area contributed by atoms with Gasteiger partial charge < -0.3 is 0 Å². The molecule has 2 aromatic rings. The van der Waals surface area contributed by atoms with Crippen molar-refractivity contribution in [3.63, 3.8) is 0 Å². The quantitative estimate of drug-likeness (QED) is 0.531. The summed E-state index contributed by atoms with van der Waals surface area (Å²) in [6, 6.07) is 18.5. The summed E-state index contributed by atoms with van der Waals surface area (Å²) < 4.78 is 0.644. The van der Waals surface area contributed by atoms with Crippen molar-refractivity contribution in [3.8, 4) is 0 Å². The highest BCUT2D eigenvalue weighted by Gasteiger charge is 2.31. The summed E-state index contributed by atoms with van der Waals surface area (Å²) in [5, 5.41) is 0. The summed E-state index contributed by atoms with van der Waals surface area (Å²) >= 11 is 6.80. The number of thioether (sulfide) groups is 1. The van der Waals surface area contributed by atoms with Crippen LogP contribution in [0.5, 0.6) is 0 Å². The highest BCUT2D eigenvalue weighted by atomic mass is 32.2. The van der Waals surface area contributed by atoms with Crippen LogP contribution in [0.2, 0.25) is 0 Å². The smallest absolute Gasteiger partial charge is 0.266 e. The van der Waals surface area contributed by atoms with E-state index in [-0.39, 0.29) is 5.91 Å². The minimum atomic E-state index is 0.0128. The van der Waals surface area contributed by atoms with Crippen molar-refractivity contribution in [3.05, 3.63) is 76.2 Å². The average Bonchev–Trinajstić information content (AvgIpc) is 2.88. The molecule has 1 aliphatic heterocycles. The van der Waals surface area contributed by atoms with Crippen molar-refractivity contribution >= 4 is 40.3 Å². The summed E-state index contributed by atoms with van der Waals surface area (Å²) in [6.07, 6.45) is 2.75. The number of amides is 1. The molecule has 4 heteroatoms. The third kappa shape index (κ3) is 4.39. The number of nitrogens with zero attached hydrogens (tertiary/aromatic N) is 1. The van der Waals surface area contributed by atoms with Gasteiger partial charge in [-0.2, -0.15) is 0 Å². The van der Waals surface area contributed by atoms with Crippen molar-refractivity contribution < 1.29 is 4.79 Å². The van der Waals surface area contributed by atoms with Gasteiger partial charge in [0.2, 0.25) is 0 Å². The Morgan fingerprint density at radius 3 is 2.40 bits per heavy atom. The Kier molecular flexibility index (Phi) is 5.71. The van der Waals surface area contributed by atoms with Crippen LogP contribution >= 0.6 is 24.0 Å². The normalized spacial score (nSPS) is 16.3. The molecule has 0 saturated carbocycles. The maximum atomic E-state index is 12.7. The van der Waals surface area contributed by atoms with Gasteiger partial charge in [0.15, 0.2) is 0 Å². The Hall–Kier alpha value is -1.91. The van der Waals surface area contributed by atoms with Crippen LogP contribution in [0.1, 0.15) is 36.5 Å². The number of hydrogen-bond donors (Lipinski definition) is 0. The Morgan fingerprint density at radius 2 is 1.76 bits per heavy atom. The summed E-state index contributed by atoms with van der Waals surface area (Å²) in [6.45, 7) is 4.97. The van der Waals surface area contributed by atoms with Crippen molar-refractivity contribution in [1.29, 1.82) is 0 Å². The predicted molar refractivity (Wildman–Crippen MR) is 111 cm³/mol. The van der Waals surface area contributed by atoms with Crippen molar-refractivity contribution in [2.24, 2.45) is 0 Å². The molecule has 0 radical (unpaired) electrons. The summed E-state index contributed by atoms with van der Waals surface area (Å²) in [7, 11) is 0. The number of hydrogen-bond acceptors (Lipinski definition) is 3. The molecular formula is C21H21NOS2. The van der Waals surface area contributed by atoms with Gasteiger partial charge in [0.1, 0.15) is 4.32 Å². The van der Waals surface area contributed by atoms with E-state index in [0.29, 0.717) is 21.7 Å². The average molecular weight is 368 g/mol. The number of rotatable bonds is 5. The first-order chi connectivity index (χ1) is 12.0. The van der Waals surface area contributed by atoms with Crippen molar-refractivity contribution in [2.75, 3.05) is 6.54 Å². The van der Waals surface area contributed by atoms with E-state index < -0.39 is 0 Å². The molecule has 0 atom stereocenters. The molecular weight excluding hydrogens is 346 g/mol. The topological polar surface area (TPSA) is 20.3 Å². The summed E-state index contributed by atoms with van der Waals surface area (Å²) in [4.78, 5) is 15.1. The zero-order valence-corrected chi connectivity index (χ0v) is 16.1. The lowest BCUT2D eigenvalue weighted by Gasteiger charge is -2.14. The van der Waals surface area contributed by atoms with Gasteiger partial charge in [-0.3, -0.25) is 9.69 Å². The largest absolute Gasteiger partial charge is 0.293 e. The van der Waals surface area contributed by atoms with E-state index in [4.69, 9.17) is 12.2 Å². The fourth-order valence-corrected chi connectivity index (χ4v) is 4.02. The van der Waals surface area contributed by atoms with E-state index in [1.165, 1.54) is 22.9 Å². The van der Waals surface area contributed by atoms with Crippen LogP contribution in [-0.2, 0) is 11.2 Å². The van der Waals surface area contributed by atoms with Crippen molar-refractivity contribution in [2.45, 2.75) is 26.2 Å². The Morgan fingerprint density at radius 1 is 1.08 bits per heavy atom. The third-order valence-corrected chi connectivity index (χ3v) is 5.62. The zero-order chi connectivity index (χ0) is 17.8. The molecule has 0 aromatic heterocycles. The van der Waals surface area contributed by atoms with Gasteiger partial charge in [-0.1, -0.05) is 92.4 Å². The van der Waals surface area contributed by atoms with Crippen LogP contribution in [0.3, 0.4) is 0 Å². The van der Waals surface area contributed by atoms with Crippen LogP contribution in [0, 0.1) is 0 Å². The van der Waals surface area contributed by atoms with Gasteiger partial charge in [-0.15, -0.1) is 0 Å². The SMILES string of the molecule is CC(C)c1ccc(/C=C2\SC(=S)N(CCc3ccccc3)C2=O)cc1. The Balaban J connectivity index is 1.69. The van der Waals surface area contributed by atoms with Gasteiger partial charge in [-0.05, 0) is 35.1 Å². The second-order valence-electron chi connectivity index (χ2n) is 6.39. The van der Waals surface area contributed by atoms with Gasteiger partial charge >= 0.3 is 0 Å². The van der Waals surface area contributed by atoms with Crippen LogP contribution in [-0.4, -0.2) is 21.7 Å². The molecule has 1 aliphatic rings. The maximum absolute atomic E-state index is 12.7. The van der Waals surface area contributed by atoms with E-state index in [0.717, 1.165) is 12.0 Å². The molecule has 0 bridgehead atoms. The Labute approximate surface area is 158 Å². The first-order valence-electron chi connectivity index (χ1n) is 8.44. The lowest BCUT2D eigenvalue weighted by molar-refractivity contribution is -0.122. The van der Waals surface area contributed by atoms with E-state index >= 15 is 0 Å². The second-order valence-corrected chi connectivity index (χ2v) is 8.07. The fourth-order valence-electron chi connectivity index (χ4n) is 2.71. The molecule has 0 aliphatic carbocycles. The second kappa shape index (κ2) is 7.98. The van der Waals surface area contributed by atoms with Gasteiger partial charge in [0, 0.05) is 6.54 Å². The molecule has 25 heavy (non-hydrogen) atoms. The molecule has 2 nitrogen and oxygen atoms in total. The molecule has 0 N–H and O–H groups in total. The number of thiocarbonyl (C=S) groups is 1. The van der Waals surface area contributed by atoms with Crippen LogP contribution < -0.4 is 0 Å². The van der Waals surface area contributed by atoms with E-state index in [1.54, 1.807) is 4.90 Å². The molecule has 1 amide bonds. The monoisotopic (exact) mass is 367 g/mol. The summed E-state index contributed by atoms with van der Waals surface area (Å²) in [5.41, 5.74) is 3.55. The van der Waals surface area contributed by atoms with E-state index in [2.05, 4.69) is 50.2 Å². The zero-order valence-electron chi connectivity index (χ0n) is 14.4. The first kappa shape index (κ1) is 17.9. The number of benzene rings is 2. The summed E-state index contributed by atoms with van der Waals surface area (Å²) in [5.74, 6) is 0.518. The van der Waals surface area contributed by atoms with Crippen LogP contribution in [0.15, 0.2) is 59.5 Å². The molecule has 0 unspecified atom stereocenters. The minimum absolute atomic E-state index is 0.0128. The van der Waals surface area contributed by atoms with E-state index in [1.807, 2.05) is 24.3 Å². The predicted octanol–water partition coefficient (Wildman–Crippen LogP) is 5.25. The minimum Gasteiger partial charge on any atom is -0.293 e. The highest BCUT2D eigenvalue weighted by Crippen LogP contribution is 2.32. The fraction of sp³-hybridized carbons (Fsp3) is 0.238.